The van der Waals surface area contributed by atoms with E-state index in [0.29, 0.717) is 18.2 Å². The fraction of sp³-hybridized carbons (Fsp3) is 0.636. The van der Waals surface area contributed by atoms with Gasteiger partial charge < -0.3 is 24.6 Å². The van der Waals surface area contributed by atoms with Crippen LogP contribution in [0.1, 0.15) is 68.0 Å². The summed E-state index contributed by atoms with van der Waals surface area (Å²) in [4.78, 5) is 24.5. The highest BCUT2D eigenvalue weighted by molar-refractivity contribution is 5.91. The number of nitrogens with one attached hydrogen (secondary N) is 3. The Kier molecular flexibility index (Phi) is 5.62. The molecule has 3 heterocycles. The molecule has 2 aromatic heterocycles. The lowest BCUT2D eigenvalue weighted by molar-refractivity contribution is -0.115. The molecule has 2 aromatic rings. The van der Waals surface area contributed by atoms with Gasteiger partial charge in [0.1, 0.15) is 11.9 Å². The van der Waals surface area contributed by atoms with Crippen molar-refractivity contribution in [2.75, 3.05) is 11.9 Å². The molecule has 3 N–H and O–H groups in total. The van der Waals surface area contributed by atoms with E-state index in [1.807, 2.05) is 6.07 Å². The van der Waals surface area contributed by atoms with Crippen LogP contribution in [0.2, 0.25) is 0 Å². The predicted octanol–water partition coefficient (Wildman–Crippen LogP) is 2.96. The van der Waals surface area contributed by atoms with Gasteiger partial charge >= 0.3 is 6.09 Å². The molecule has 2 amide bonds. The number of hydrogen-bond acceptors (Lipinski definition) is 7. The van der Waals surface area contributed by atoms with Crippen molar-refractivity contribution in [3.05, 3.63) is 29.3 Å². The summed E-state index contributed by atoms with van der Waals surface area (Å²) in [6.45, 7) is 2.38. The number of ether oxygens (including phenoxy) is 2. The summed E-state index contributed by atoms with van der Waals surface area (Å²) < 4.78 is 16.6. The SMILES string of the molecule is Cc1cc(CC(=O)Nc2cc([C@H]3CC[C@@H](OC(=O)N[C@@H]4COC5(CCC5)C4)C3)[nH]n2)on1. The first-order chi connectivity index (χ1) is 15.5. The average molecular weight is 444 g/mol. The number of carbonyl (C=O) groups excluding carboxylic acids is 2. The van der Waals surface area contributed by atoms with Gasteiger partial charge in [0, 0.05) is 23.7 Å². The van der Waals surface area contributed by atoms with E-state index >= 15 is 0 Å². The van der Waals surface area contributed by atoms with Crippen LogP contribution in [0.4, 0.5) is 10.6 Å². The molecule has 0 radical (unpaired) electrons. The molecular weight excluding hydrogens is 414 g/mol. The standard InChI is InChI=1S/C22H29N5O5/c1-13-7-17(32-27-13)9-20(28)24-19-10-18(25-26-19)14-3-4-16(8-14)31-21(29)23-15-11-22(30-12-15)5-2-6-22/h7,10,14-16H,2-6,8-9,11-12H2,1H3,(H,23,29)(H2,24,25,26,28)/t14-,15-,16+/m0/s1. The van der Waals surface area contributed by atoms with Gasteiger partial charge in [0.05, 0.1) is 30.4 Å². The van der Waals surface area contributed by atoms with Gasteiger partial charge in [0.2, 0.25) is 5.91 Å². The maximum atomic E-state index is 12.3. The number of alkyl carbamates (subject to hydrolysis) is 1. The fourth-order valence-electron chi connectivity index (χ4n) is 4.99. The zero-order chi connectivity index (χ0) is 22.1. The Labute approximate surface area is 185 Å². The largest absolute Gasteiger partial charge is 0.446 e. The van der Waals surface area contributed by atoms with Crippen LogP contribution in [0.25, 0.3) is 0 Å². The van der Waals surface area contributed by atoms with E-state index in [0.717, 1.165) is 49.9 Å². The van der Waals surface area contributed by atoms with Gasteiger partial charge in [0.25, 0.3) is 0 Å². The van der Waals surface area contributed by atoms with Crippen molar-refractivity contribution in [3.63, 3.8) is 0 Å². The van der Waals surface area contributed by atoms with Gasteiger partial charge in [-0.25, -0.2) is 4.79 Å². The number of carbonyl (C=O) groups is 2. The lowest BCUT2D eigenvalue weighted by atomic mass is 9.77. The Morgan fingerprint density at radius 3 is 2.91 bits per heavy atom. The second-order valence-corrected chi connectivity index (χ2v) is 9.30. The van der Waals surface area contributed by atoms with Gasteiger partial charge in [0.15, 0.2) is 5.82 Å². The lowest BCUT2D eigenvalue weighted by Crippen LogP contribution is -2.40. The third-order valence-electron chi connectivity index (χ3n) is 6.77. The first-order valence-electron chi connectivity index (χ1n) is 11.3. The number of H-pyrrole nitrogens is 1. The molecule has 0 unspecified atom stereocenters. The van der Waals surface area contributed by atoms with Crippen LogP contribution in [-0.2, 0) is 20.7 Å². The molecule has 5 rings (SSSR count). The van der Waals surface area contributed by atoms with Gasteiger partial charge in [-0.05, 0) is 51.9 Å². The minimum Gasteiger partial charge on any atom is -0.446 e. The second-order valence-electron chi connectivity index (χ2n) is 9.30. The highest BCUT2D eigenvalue weighted by atomic mass is 16.6. The molecule has 10 heteroatoms. The van der Waals surface area contributed by atoms with Crippen molar-refractivity contribution < 1.29 is 23.6 Å². The van der Waals surface area contributed by atoms with Crippen LogP contribution in [0, 0.1) is 6.92 Å². The maximum Gasteiger partial charge on any atom is 0.407 e. The summed E-state index contributed by atoms with van der Waals surface area (Å²) in [7, 11) is 0. The first kappa shape index (κ1) is 21.0. The number of rotatable bonds is 6. The summed E-state index contributed by atoms with van der Waals surface area (Å²) in [6.07, 6.45) is 6.31. The van der Waals surface area contributed by atoms with Crippen LogP contribution in [0.5, 0.6) is 0 Å². The van der Waals surface area contributed by atoms with Crippen molar-refractivity contribution in [3.8, 4) is 0 Å². The van der Waals surface area contributed by atoms with Crippen LogP contribution >= 0.6 is 0 Å². The first-order valence-corrected chi connectivity index (χ1v) is 11.3. The zero-order valence-corrected chi connectivity index (χ0v) is 18.2. The Hall–Kier alpha value is -2.88. The number of hydrogen-bond donors (Lipinski definition) is 3. The van der Waals surface area contributed by atoms with Gasteiger partial charge in [-0.2, -0.15) is 5.10 Å². The second kappa shape index (κ2) is 8.57. The molecule has 172 valence electrons. The molecule has 3 fully saturated rings. The summed E-state index contributed by atoms with van der Waals surface area (Å²) >= 11 is 0. The quantitative estimate of drug-likeness (QED) is 0.625. The molecular formula is C22H29N5O5. The number of aromatic amines is 1. The Bertz CT molecular complexity index is 981. The minimum atomic E-state index is -0.360. The number of aryl methyl sites for hydroxylation is 1. The van der Waals surface area contributed by atoms with Gasteiger partial charge in [-0.1, -0.05) is 5.16 Å². The van der Waals surface area contributed by atoms with E-state index in [2.05, 4.69) is 26.0 Å². The van der Waals surface area contributed by atoms with Gasteiger partial charge in [-0.3, -0.25) is 9.89 Å². The number of anilines is 1. The van der Waals surface area contributed by atoms with E-state index in [4.69, 9.17) is 14.0 Å². The Balaban J connectivity index is 1.06. The maximum absolute atomic E-state index is 12.3. The Morgan fingerprint density at radius 1 is 1.31 bits per heavy atom. The van der Waals surface area contributed by atoms with E-state index < -0.39 is 0 Å². The van der Waals surface area contributed by atoms with Crippen molar-refractivity contribution in [1.29, 1.82) is 0 Å². The fourth-order valence-corrected chi connectivity index (χ4v) is 4.99. The van der Waals surface area contributed by atoms with Crippen molar-refractivity contribution >= 4 is 17.8 Å². The molecule has 3 aliphatic rings. The zero-order valence-electron chi connectivity index (χ0n) is 18.2. The summed E-state index contributed by atoms with van der Waals surface area (Å²) in [5.74, 6) is 0.963. The molecule has 1 aliphatic heterocycles. The molecule has 0 aromatic carbocycles. The summed E-state index contributed by atoms with van der Waals surface area (Å²) in [5.41, 5.74) is 1.68. The topological polar surface area (TPSA) is 131 Å². The average Bonchev–Trinajstić information content (AvgIpc) is 3.49. The third-order valence-corrected chi connectivity index (χ3v) is 6.77. The summed E-state index contributed by atoms with van der Waals surface area (Å²) in [5, 5.41) is 16.7. The van der Waals surface area contributed by atoms with Crippen LogP contribution in [0.15, 0.2) is 16.7 Å². The van der Waals surface area contributed by atoms with E-state index in [9.17, 15) is 9.59 Å². The summed E-state index contributed by atoms with van der Waals surface area (Å²) in [6, 6.07) is 3.61. The molecule has 32 heavy (non-hydrogen) atoms. The highest BCUT2D eigenvalue weighted by Gasteiger charge is 2.45. The Morgan fingerprint density at radius 2 is 2.19 bits per heavy atom. The lowest BCUT2D eigenvalue weighted by Gasteiger charge is -2.37. The normalized spacial score (nSPS) is 26.1. The number of nitrogens with zero attached hydrogens (tertiary/aromatic N) is 2. The van der Waals surface area contributed by atoms with Crippen LogP contribution in [-0.4, -0.2) is 51.7 Å². The van der Waals surface area contributed by atoms with E-state index in [1.165, 1.54) is 6.42 Å². The van der Waals surface area contributed by atoms with Gasteiger partial charge in [-0.15, -0.1) is 0 Å². The minimum absolute atomic E-state index is 0.0118. The monoisotopic (exact) mass is 443 g/mol. The molecule has 0 bridgehead atoms. The molecule has 1 spiro atoms. The highest BCUT2D eigenvalue weighted by Crippen LogP contribution is 2.43. The van der Waals surface area contributed by atoms with E-state index in [1.54, 1.807) is 13.0 Å². The smallest absolute Gasteiger partial charge is 0.407 e. The molecule has 10 nitrogen and oxygen atoms in total. The molecule has 2 saturated carbocycles. The van der Waals surface area contributed by atoms with E-state index in [-0.39, 0.29) is 42.1 Å². The third kappa shape index (κ3) is 4.64. The number of amides is 2. The molecule has 3 atom stereocenters. The van der Waals surface area contributed by atoms with Crippen LogP contribution in [0.3, 0.4) is 0 Å². The van der Waals surface area contributed by atoms with Crippen molar-refractivity contribution in [2.24, 2.45) is 0 Å². The van der Waals surface area contributed by atoms with Crippen LogP contribution < -0.4 is 10.6 Å². The number of aromatic nitrogens is 3. The van der Waals surface area contributed by atoms with Crippen molar-refractivity contribution in [2.45, 2.75) is 82.0 Å². The predicted molar refractivity (Wildman–Crippen MR) is 113 cm³/mol. The molecule has 1 saturated heterocycles. The molecule has 2 aliphatic carbocycles. The van der Waals surface area contributed by atoms with Crippen molar-refractivity contribution in [1.82, 2.24) is 20.7 Å².